The van der Waals surface area contributed by atoms with Crippen molar-refractivity contribution in [3.63, 3.8) is 0 Å². The second kappa shape index (κ2) is 7.07. The highest BCUT2D eigenvalue weighted by molar-refractivity contribution is 5.86. The molecule has 0 bridgehead atoms. The van der Waals surface area contributed by atoms with E-state index in [0.29, 0.717) is 5.56 Å². The average Bonchev–Trinajstić information content (AvgIpc) is 2.35. The molecule has 0 unspecified atom stereocenters. The van der Waals surface area contributed by atoms with Crippen LogP contribution < -0.4 is 10.6 Å². The van der Waals surface area contributed by atoms with Crippen molar-refractivity contribution in [3.05, 3.63) is 35.6 Å². The predicted molar refractivity (Wildman–Crippen MR) is 65.4 cm³/mol. The average molecular weight is 284 g/mol. The summed E-state index contributed by atoms with van der Waals surface area (Å²) < 4.78 is 12.9. The van der Waals surface area contributed by atoms with Gasteiger partial charge in [0.2, 0.25) is 0 Å². The van der Waals surface area contributed by atoms with Gasteiger partial charge in [-0.25, -0.2) is 14.0 Å². The summed E-state index contributed by atoms with van der Waals surface area (Å²) in [6.45, 7) is -0.0109. The van der Waals surface area contributed by atoms with Crippen LogP contribution >= 0.6 is 0 Å². The van der Waals surface area contributed by atoms with Gasteiger partial charge < -0.3 is 20.8 Å². The summed E-state index contributed by atoms with van der Waals surface area (Å²) in [4.78, 5) is 32.6. The number of halogens is 1. The van der Waals surface area contributed by atoms with Gasteiger partial charge in [0.1, 0.15) is 11.9 Å². The molecule has 0 fully saturated rings. The SMILES string of the molecule is O=C(O)C[C@@H](NC(=O)NCc1cccc(F)c1)C(=O)O. The lowest BCUT2D eigenvalue weighted by Crippen LogP contribution is -2.46. The number of aliphatic carboxylic acids is 2. The second-order valence-electron chi connectivity index (χ2n) is 3.95. The molecule has 0 saturated heterocycles. The van der Waals surface area contributed by atoms with E-state index in [2.05, 4.69) is 5.32 Å². The number of benzene rings is 1. The lowest BCUT2D eigenvalue weighted by atomic mass is 10.2. The molecule has 7 nitrogen and oxygen atoms in total. The van der Waals surface area contributed by atoms with Crippen molar-refractivity contribution < 1.29 is 29.0 Å². The Bertz CT molecular complexity index is 520. The quantitative estimate of drug-likeness (QED) is 0.609. The van der Waals surface area contributed by atoms with Gasteiger partial charge in [0.05, 0.1) is 6.42 Å². The molecule has 0 aromatic heterocycles. The highest BCUT2D eigenvalue weighted by atomic mass is 19.1. The van der Waals surface area contributed by atoms with Gasteiger partial charge in [0.25, 0.3) is 0 Å². The van der Waals surface area contributed by atoms with E-state index in [-0.39, 0.29) is 6.54 Å². The maximum atomic E-state index is 12.9. The highest BCUT2D eigenvalue weighted by Gasteiger charge is 2.22. The zero-order chi connectivity index (χ0) is 15.1. The van der Waals surface area contributed by atoms with Crippen LogP contribution in [0.4, 0.5) is 9.18 Å². The minimum atomic E-state index is -1.53. The van der Waals surface area contributed by atoms with Gasteiger partial charge in [0.15, 0.2) is 0 Å². The van der Waals surface area contributed by atoms with E-state index in [0.717, 1.165) is 0 Å². The third-order valence-electron chi connectivity index (χ3n) is 2.32. The van der Waals surface area contributed by atoms with Crippen LogP contribution in [0.2, 0.25) is 0 Å². The van der Waals surface area contributed by atoms with E-state index in [1.807, 2.05) is 5.32 Å². The van der Waals surface area contributed by atoms with Crippen LogP contribution in [0.3, 0.4) is 0 Å². The van der Waals surface area contributed by atoms with Crippen LogP contribution in [0.5, 0.6) is 0 Å². The van der Waals surface area contributed by atoms with Gasteiger partial charge in [-0.1, -0.05) is 12.1 Å². The number of urea groups is 1. The van der Waals surface area contributed by atoms with Crippen molar-refractivity contribution in [2.24, 2.45) is 0 Å². The zero-order valence-electron chi connectivity index (χ0n) is 10.3. The number of nitrogens with one attached hydrogen (secondary N) is 2. The number of rotatable bonds is 6. The van der Waals surface area contributed by atoms with Gasteiger partial charge in [-0.15, -0.1) is 0 Å². The molecule has 0 saturated carbocycles. The van der Waals surface area contributed by atoms with Crippen molar-refractivity contribution >= 4 is 18.0 Å². The first kappa shape index (κ1) is 15.4. The van der Waals surface area contributed by atoms with Crippen LogP contribution in [0.25, 0.3) is 0 Å². The number of carbonyl (C=O) groups excluding carboxylic acids is 1. The summed E-state index contributed by atoms with van der Waals surface area (Å²) in [6, 6.07) is 3.13. The second-order valence-corrected chi connectivity index (χ2v) is 3.95. The van der Waals surface area contributed by atoms with Gasteiger partial charge >= 0.3 is 18.0 Å². The molecular formula is C12H13FN2O5. The first-order chi connectivity index (χ1) is 9.38. The maximum absolute atomic E-state index is 12.9. The third kappa shape index (κ3) is 5.34. The van der Waals surface area contributed by atoms with E-state index in [9.17, 15) is 18.8 Å². The van der Waals surface area contributed by atoms with Crippen molar-refractivity contribution in [2.45, 2.75) is 19.0 Å². The van der Waals surface area contributed by atoms with E-state index in [1.165, 1.54) is 18.2 Å². The minimum absolute atomic E-state index is 0.0109. The molecule has 0 aliphatic heterocycles. The first-order valence-electron chi connectivity index (χ1n) is 5.62. The molecule has 8 heteroatoms. The Morgan fingerprint density at radius 1 is 1.25 bits per heavy atom. The Morgan fingerprint density at radius 3 is 2.50 bits per heavy atom. The summed E-state index contributed by atoms with van der Waals surface area (Å²) in [5.41, 5.74) is 0.491. The molecule has 0 heterocycles. The zero-order valence-corrected chi connectivity index (χ0v) is 10.3. The number of carboxylic acid groups (broad SMARTS) is 2. The van der Waals surface area contributed by atoms with E-state index in [4.69, 9.17) is 10.2 Å². The summed E-state index contributed by atoms with van der Waals surface area (Å²) in [5, 5.41) is 21.6. The van der Waals surface area contributed by atoms with Gasteiger partial charge in [0, 0.05) is 6.54 Å². The maximum Gasteiger partial charge on any atom is 0.326 e. The molecule has 0 radical (unpaired) electrons. The fourth-order valence-electron chi connectivity index (χ4n) is 1.41. The van der Waals surface area contributed by atoms with Gasteiger partial charge in [-0.3, -0.25) is 4.79 Å². The van der Waals surface area contributed by atoms with Crippen LogP contribution in [0.15, 0.2) is 24.3 Å². The topological polar surface area (TPSA) is 116 Å². The van der Waals surface area contributed by atoms with Crippen LogP contribution in [-0.2, 0) is 16.1 Å². The molecule has 2 amide bonds. The third-order valence-corrected chi connectivity index (χ3v) is 2.32. The summed E-state index contributed by atoms with van der Waals surface area (Å²) in [5.74, 6) is -3.25. The fraction of sp³-hybridized carbons (Fsp3) is 0.250. The molecule has 0 spiro atoms. The number of hydrogen-bond acceptors (Lipinski definition) is 3. The normalized spacial score (nSPS) is 11.4. The Morgan fingerprint density at radius 2 is 1.95 bits per heavy atom. The van der Waals surface area contributed by atoms with Crippen molar-refractivity contribution in [1.82, 2.24) is 10.6 Å². The smallest absolute Gasteiger partial charge is 0.326 e. The molecule has 1 aromatic carbocycles. The van der Waals surface area contributed by atoms with Crippen LogP contribution in [-0.4, -0.2) is 34.2 Å². The summed E-state index contributed by atoms with van der Waals surface area (Å²) in [6.07, 6.45) is -0.733. The van der Waals surface area contributed by atoms with Crippen molar-refractivity contribution in [2.75, 3.05) is 0 Å². The van der Waals surface area contributed by atoms with Gasteiger partial charge in [-0.2, -0.15) is 0 Å². The van der Waals surface area contributed by atoms with Gasteiger partial charge in [-0.05, 0) is 17.7 Å². The molecule has 0 aliphatic carbocycles. The van der Waals surface area contributed by atoms with Crippen molar-refractivity contribution in [3.8, 4) is 0 Å². The predicted octanol–water partition coefficient (Wildman–Crippen LogP) is 0.553. The molecular weight excluding hydrogens is 271 g/mol. The minimum Gasteiger partial charge on any atom is -0.481 e. The lowest BCUT2D eigenvalue weighted by molar-refractivity contribution is -0.145. The number of amides is 2. The molecule has 4 N–H and O–H groups in total. The Hall–Kier alpha value is -2.64. The lowest BCUT2D eigenvalue weighted by Gasteiger charge is -2.13. The molecule has 1 atom stereocenters. The van der Waals surface area contributed by atoms with E-state index >= 15 is 0 Å². The standard InChI is InChI=1S/C12H13FN2O5/c13-8-3-1-2-7(4-8)6-14-12(20)15-9(11(18)19)5-10(16)17/h1-4,9H,5-6H2,(H,16,17)(H,18,19)(H2,14,15,20)/t9-/m1/s1. The highest BCUT2D eigenvalue weighted by Crippen LogP contribution is 2.02. The van der Waals surface area contributed by atoms with Crippen LogP contribution in [0.1, 0.15) is 12.0 Å². The Balaban J connectivity index is 2.49. The van der Waals surface area contributed by atoms with Crippen molar-refractivity contribution in [1.29, 1.82) is 0 Å². The molecule has 108 valence electrons. The summed E-state index contributed by atoms with van der Waals surface area (Å²) >= 11 is 0. The molecule has 1 rings (SSSR count). The molecule has 20 heavy (non-hydrogen) atoms. The fourth-order valence-corrected chi connectivity index (χ4v) is 1.41. The molecule has 0 aliphatic rings. The van der Waals surface area contributed by atoms with Crippen LogP contribution in [0, 0.1) is 5.82 Å². The Labute approximate surface area is 113 Å². The number of carboxylic acids is 2. The number of hydrogen-bond donors (Lipinski definition) is 4. The monoisotopic (exact) mass is 284 g/mol. The first-order valence-corrected chi connectivity index (χ1v) is 5.62. The van der Waals surface area contributed by atoms with E-state index < -0.39 is 36.2 Å². The molecule has 1 aromatic rings. The largest absolute Gasteiger partial charge is 0.481 e. The Kier molecular flexibility index (Phi) is 5.45. The number of carbonyl (C=O) groups is 3. The van der Waals surface area contributed by atoms with E-state index in [1.54, 1.807) is 6.07 Å². The summed E-state index contributed by atoms with van der Waals surface area (Å²) in [7, 11) is 0.